The zero-order valence-corrected chi connectivity index (χ0v) is 18.4. The third-order valence-electron chi connectivity index (χ3n) is 5.00. The Kier molecular flexibility index (Phi) is 6.12. The molecule has 0 fully saturated rings. The van der Waals surface area contributed by atoms with Crippen molar-refractivity contribution in [3.05, 3.63) is 53.1 Å². The summed E-state index contributed by atoms with van der Waals surface area (Å²) < 4.78 is 4.73. The van der Waals surface area contributed by atoms with Gasteiger partial charge in [-0.05, 0) is 40.7 Å². The first-order chi connectivity index (χ1) is 12.8. The van der Waals surface area contributed by atoms with Crippen molar-refractivity contribution < 1.29 is 14.6 Å². The third kappa shape index (κ3) is 4.86. The van der Waals surface area contributed by atoms with Crippen molar-refractivity contribution in [3.8, 4) is 5.75 Å². The highest BCUT2D eigenvalue weighted by atomic mass is 16.5. The Labute approximate surface area is 169 Å². The van der Waals surface area contributed by atoms with Crippen LogP contribution in [0.4, 0.5) is 11.4 Å². The monoisotopic (exact) mass is 383 g/mol. The van der Waals surface area contributed by atoms with E-state index in [9.17, 15) is 9.90 Å². The molecule has 0 aliphatic carbocycles. The Balaban J connectivity index is 2.47. The molecule has 2 aromatic rings. The zero-order valence-electron chi connectivity index (χ0n) is 18.4. The van der Waals surface area contributed by atoms with Crippen LogP contribution in [0.25, 0.3) is 0 Å². The van der Waals surface area contributed by atoms with Crippen molar-refractivity contribution in [3.63, 3.8) is 0 Å². The normalized spacial score (nSPS) is 12.0. The van der Waals surface area contributed by atoms with Crippen LogP contribution in [-0.2, 0) is 26.8 Å². The molecule has 0 unspecified atom stereocenters. The average Bonchev–Trinajstić information content (AvgIpc) is 2.59. The second kappa shape index (κ2) is 7.86. The molecule has 4 nitrogen and oxygen atoms in total. The number of anilines is 2. The molecule has 1 N–H and O–H groups in total. The van der Waals surface area contributed by atoms with Crippen LogP contribution in [0.2, 0.25) is 0 Å². The van der Waals surface area contributed by atoms with E-state index in [1.807, 2.05) is 31.3 Å². The van der Waals surface area contributed by atoms with Crippen molar-refractivity contribution in [2.24, 2.45) is 0 Å². The van der Waals surface area contributed by atoms with Gasteiger partial charge in [0.2, 0.25) is 0 Å². The van der Waals surface area contributed by atoms with Crippen LogP contribution in [0, 0.1) is 0 Å². The first-order valence-electron chi connectivity index (χ1n) is 9.62. The van der Waals surface area contributed by atoms with Crippen molar-refractivity contribution in [2.75, 3.05) is 19.1 Å². The summed E-state index contributed by atoms with van der Waals surface area (Å²) >= 11 is 0. The Morgan fingerprint density at radius 2 is 1.39 bits per heavy atom. The van der Waals surface area contributed by atoms with Crippen molar-refractivity contribution in [1.82, 2.24) is 0 Å². The molecule has 0 aliphatic heterocycles. The molecule has 0 spiro atoms. The number of rotatable bonds is 4. The first kappa shape index (κ1) is 21.8. The maximum absolute atomic E-state index is 11.5. The van der Waals surface area contributed by atoms with E-state index in [-0.39, 0.29) is 23.2 Å². The van der Waals surface area contributed by atoms with Gasteiger partial charge < -0.3 is 14.7 Å². The number of carbonyl (C=O) groups excluding carboxylic acids is 1. The van der Waals surface area contributed by atoms with Crippen LogP contribution in [-0.4, -0.2) is 25.2 Å². The van der Waals surface area contributed by atoms with Gasteiger partial charge in [0, 0.05) is 29.5 Å². The molecule has 152 valence electrons. The van der Waals surface area contributed by atoms with Gasteiger partial charge >= 0.3 is 5.97 Å². The van der Waals surface area contributed by atoms with Crippen LogP contribution < -0.4 is 4.90 Å². The average molecular weight is 384 g/mol. The zero-order chi connectivity index (χ0) is 21.3. The Bertz CT molecular complexity index is 805. The minimum Gasteiger partial charge on any atom is -0.507 e. The predicted molar refractivity (Wildman–Crippen MR) is 116 cm³/mol. The lowest BCUT2D eigenvalue weighted by molar-refractivity contribution is -0.139. The van der Waals surface area contributed by atoms with E-state index >= 15 is 0 Å². The molecule has 0 aliphatic rings. The minimum atomic E-state index is -0.246. The molecule has 2 aromatic carbocycles. The topological polar surface area (TPSA) is 49.8 Å². The molecule has 2 rings (SSSR count). The lowest BCUT2D eigenvalue weighted by Gasteiger charge is -2.30. The van der Waals surface area contributed by atoms with E-state index < -0.39 is 0 Å². The van der Waals surface area contributed by atoms with Gasteiger partial charge in [-0.15, -0.1) is 0 Å². The molecular weight excluding hydrogens is 350 g/mol. The highest BCUT2D eigenvalue weighted by Gasteiger charge is 2.27. The van der Waals surface area contributed by atoms with Crippen LogP contribution >= 0.6 is 0 Å². The molecule has 0 heterocycles. The highest BCUT2D eigenvalue weighted by molar-refractivity contribution is 5.73. The van der Waals surface area contributed by atoms with Crippen LogP contribution in [0.5, 0.6) is 5.75 Å². The molecule has 28 heavy (non-hydrogen) atoms. The van der Waals surface area contributed by atoms with Gasteiger partial charge in [-0.25, -0.2) is 0 Å². The van der Waals surface area contributed by atoms with Crippen LogP contribution in [0.3, 0.4) is 0 Å². The number of methoxy groups -OCH3 is 1. The third-order valence-corrected chi connectivity index (χ3v) is 5.00. The van der Waals surface area contributed by atoms with Gasteiger partial charge in [-0.1, -0.05) is 53.7 Å². The fourth-order valence-electron chi connectivity index (χ4n) is 3.18. The molecule has 0 bridgehead atoms. The van der Waals surface area contributed by atoms with E-state index in [0.717, 1.165) is 28.1 Å². The summed E-state index contributed by atoms with van der Waals surface area (Å²) in [6.45, 7) is 12.7. The lowest BCUT2D eigenvalue weighted by Crippen LogP contribution is -2.19. The van der Waals surface area contributed by atoms with E-state index in [4.69, 9.17) is 4.74 Å². The summed E-state index contributed by atoms with van der Waals surface area (Å²) in [5, 5.41) is 10.9. The number of nitrogens with zero attached hydrogens (tertiary/aromatic N) is 1. The van der Waals surface area contributed by atoms with Crippen molar-refractivity contribution >= 4 is 17.3 Å². The first-order valence-corrected chi connectivity index (χ1v) is 9.62. The highest BCUT2D eigenvalue weighted by Crippen LogP contribution is 2.42. The number of hydrogen-bond acceptors (Lipinski definition) is 4. The molecule has 0 atom stereocenters. The predicted octanol–water partition coefficient (Wildman–Crippen LogP) is 5.47. The largest absolute Gasteiger partial charge is 0.507 e. The number of carbonyl (C=O) groups is 1. The number of benzene rings is 2. The smallest absolute Gasteiger partial charge is 0.309 e. The number of ether oxygens (including phenoxy) is 1. The van der Waals surface area contributed by atoms with E-state index in [2.05, 4.69) is 58.6 Å². The summed E-state index contributed by atoms with van der Waals surface area (Å²) in [4.78, 5) is 13.6. The van der Waals surface area contributed by atoms with Gasteiger partial charge in [0.15, 0.2) is 0 Å². The Morgan fingerprint density at radius 3 is 1.79 bits per heavy atom. The molecule has 0 radical (unpaired) electrons. The van der Waals surface area contributed by atoms with Crippen LogP contribution in [0.1, 0.15) is 58.2 Å². The van der Waals surface area contributed by atoms with E-state index in [0.29, 0.717) is 5.75 Å². The number of esters is 1. The second-order valence-electron chi connectivity index (χ2n) is 9.37. The maximum atomic E-state index is 11.5. The summed E-state index contributed by atoms with van der Waals surface area (Å²) in [6.07, 6.45) is 0.266. The summed E-state index contributed by atoms with van der Waals surface area (Å²) in [6, 6.07) is 12.0. The molecule has 0 aromatic heterocycles. The lowest BCUT2D eigenvalue weighted by atomic mass is 9.79. The standard InChI is InChI=1S/C24H33NO3/c1-23(2,3)19-14-18(15-20(22(19)27)24(4,5)6)25(7)17-11-9-16(10-12-17)13-21(26)28-8/h9-12,14-15,27H,13H2,1-8H3. The molecule has 0 amide bonds. The molecule has 0 saturated carbocycles. The maximum Gasteiger partial charge on any atom is 0.309 e. The molecule has 0 saturated heterocycles. The number of phenols is 1. The van der Waals surface area contributed by atoms with E-state index in [1.54, 1.807) is 0 Å². The molecular formula is C24H33NO3. The van der Waals surface area contributed by atoms with Gasteiger partial charge in [0.1, 0.15) is 5.75 Å². The summed E-state index contributed by atoms with van der Waals surface area (Å²) in [5.41, 5.74) is 4.47. The van der Waals surface area contributed by atoms with Crippen molar-refractivity contribution in [2.45, 2.75) is 58.8 Å². The van der Waals surface area contributed by atoms with E-state index in [1.165, 1.54) is 7.11 Å². The second-order valence-corrected chi connectivity index (χ2v) is 9.37. The fourth-order valence-corrected chi connectivity index (χ4v) is 3.18. The Hall–Kier alpha value is -2.49. The number of aromatic hydroxyl groups is 1. The van der Waals surface area contributed by atoms with Gasteiger partial charge in [-0.3, -0.25) is 4.79 Å². The fraction of sp³-hybridized carbons (Fsp3) is 0.458. The Morgan fingerprint density at radius 1 is 0.929 bits per heavy atom. The van der Waals surface area contributed by atoms with Gasteiger partial charge in [0.05, 0.1) is 13.5 Å². The van der Waals surface area contributed by atoms with Crippen molar-refractivity contribution in [1.29, 1.82) is 0 Å². The van der Waals surface area contributed by atoms with Gasteiger partial charge in [-0.2, -0.15) is 0 Å². The number of hydrogen-bond donors (Lipinski definition) is 1. The SMILES string of the molecule is COC(=O)Cc1ccc(N(C)c2cc(C(C)(C)C)c(O)c(C(C)(C)C)c2)cc1. The van der Waals surface area contributed by atoms with Gasteiger partial charge in [0.25, 0.3) is 0 Å². The quantitative estimate of drug-likeness (QED) is 0.711. The summed E-state index contributed by atoms with van der Waals surface area (Å²) in [5.74, 6) is 0.134. The number of phenolic OH excluding ortho intramolecular Hbond substituents is 1. The molecule has 4 heteroatoms. The minimum absolute atomic E-state index is 0.175. The summed E-state index contributed by atoms with van der Waals surface area (Å²) in [7, 11) is 3.41. The van der Waals surface area contributed by atoms with Crippen LogP contribution in [0.15, 0.2) is 36.4 Å².